The van der Waals surface area contributed by atoms with Gasteiger partial charge in [-0.15, -0.1) is 0 Å². The summed E-state index contributed by atoms with van der Waals surface area (Å²) in [5.41, 5.74) is 0. The zero-order valence-electron chi connectivity index (χ0n) is 13.3. The lowest BCUT2D eigenvalue weighted by molar-refractivity contribution is 0.192. The van der Waals surface area contributed by atoms with Gasteiger partial charge in [-0.1, -0.05) is 26.7 Å². The molecule has 1 aromatic heterocycles. The van der Waals surface area contributed by atoms with Gasteiger partial charge in [0.2, 0.25) is 5.09 Å². The maximum absolute atomic E-state index is 11.1. The smallest absolute Gasteiger partial charge is 0.271 e. The molecule has 0 spiro atoms. The van der Waals surface area contributed by atoms with Gasteiger partial charge < -0.3 is 14.6 Å². The topological polar surface area (TPSA) is 88.6 Å². The summed E-state index contributed by atoms with van der Waals surface area (Å²) >= 11 is 0. The Hall–Kier alpha value is -0.890. The van der Waals surface area contributed by atoms with Gasteiger partial charge in [-0.3, -0.25) is 0 Å². The van der Waals surface area contributed by atoms with Crippen LogP contribution in [-0.4, -0.2) is 40.0 Å². The van der Waals surface area contributed by atoms with Crippen molar-refractivity contribution in [2.45, 2.75) is 44.4 Å². The van der Waals surface area contributed by atoms with Crippen LogP contribution in [0.5, 0.6) is 0 Å². The standard InChI is InChI=1S/C14H27N3O3S/c1-5-11(6-2)13(17(3)4)10-16-9-12-7-8-14(20-12)21(15,18)19/h7-8,11,13,16H,5-6,9-10H2,1-4H3,(H2,15,18,19). The molecule has 1 unspecified atom stereocenters. The van der Waals surface area contributed by atoms with Crippen molar-refractivity contribution in [1.82, 2.24) is 10.2 Å². The lowest BCUT2D eigenvalue weighted by Gasteiger charge is -2.31. The van der Waals surface area contributed by atoms with Crippen molar-refractivity contribution < 1.29 is 12.8 Å². The van der Waals surface area contributed by atoms with Gasteiger partial charge in [-0.05, 0) is 32.1 Å². The molecule has 1 heterocycles. The summed E-state index contributed by atoms with van der Waals surface area (Å²) in [4.78, 5) is 2.22. The summed E-state index contributed by atoms with van der Waals surface area (Å²) < 4.78 is 27.5. The molecular weight excluding hydrogens is 290 g/mol. The molecule has 0 aliphatic rings. The number of rotatable bonds is 9. The van der Waals surface area contributed by atoms with E-state index in [9.17, 15) is 8.42 Å². The minimum Gasteiger partial charge on any atom is -0.447 e. The third-order valence-electron chi connectivity index (χ3n) is 3.83. The highest BCUT2D eigenvalue weighted by atomic mass is 32.2. The second kappa shape index (κ2) is 7.93. The van der Waals surface area contributed by atoms with E-state index in [2.05, 4.69) is 38.2 Å². The second-order valence-electron chi connectivity index (χ2n) is 5.50. The number of sulfonamides is 1. The van der Waals surface area contributed by atoms with E-state index in [4.69, 9.17) is 9.56 Å². The molecule has 0 aromatic carbocycles. The number of nitrogens with one attached hydrogen (secondary N) is 1. The Morgan fingerprint density at radius 1 is 1.29 bits per heavy atom. The molecule has 0 saturated heterocycles. The SMILES string of the molecule is CCC(CC)C(CNCc1ccc(S(N)(=O)=O)o1)N(C)C. The normalized spacial score (nSPS) is 14.0. The third-order valence-corrected chi connectivity index (χ3v) is 4.61. The van der Waals surface area contributed by atoms with Crippen LogP contribution in [0.25, 0.3) is 0 Å². The maximum Gasteiger partial charge on any atom is 0.271 e. The van der Waals surface area contributed by atoms with Crippen LogP contribution in [0.1, 0.15) is 32.4 Å². The van der Waals surface area contributed by atoms with Crippen LogP contribution in [0.4, 0.5) is 0 Å². The Labute approximate surface area is 127 Å². The second-order valence-corrected chi connectivity index (χ2v) is 7.00. The Kier molecular flexibility index (Phi) is 6.86. The molecule has 21 heavy (non-hydrogen) atoms. The van der Waals surface area contributed by atoms with Gasteiger partial charge in [0.05, 0.1) is 6.54 Å². The van der Waals surface area contributed by atoms with E-state index in [-0.39, 0.29) is 5.09 Å². The minimum atomic E-state index is -3.76. The number of nitrogens with two attached hydrogens (primary N) is 1. The first-order valence-electron chi connectivity index (χ1n) is 7.28. The number of furan rings is 1. The molecule has 0 saturated carbocycles. The molecule has 7 heteroatoms. The van der Waals surface area contributed by atoms with E-state index in [1.54, 1.807) is 6.07 Å². The Morgan fingerprint density at radius 3 is 2.33 bits per heavy atom. The molecule has 0 aliphatic carbocycles. The van der Waals surface area contributed by atoms with Crippen molar-refractivity contribution in [1.29, 1.82) is 0 Å². The summed E-state index contributed by atoms with van der Waals surface area (Å²) in [7, 11) is 0.399. The number of hydrogen-bond acceptors (Lipinski definition) is 5. The molecular formula is C14H27N3O3S. The Bertz CT molecular complexity index is 521. The zero-order chi connectivity index (χ0) is 16.0. The average Bonchev–Trinajstić information content (AvgIpc) is 2.86. The van der Waals surface area contributed by atoms with E-state index in [0.717, 1.165) is 19.4 Å². The average molecular weight is 317 g/mol. The summed E-state index contributed by atoms with van der Waals surface area (Å²) in [6, 6.07) is 3.46. The lowest BCUT2D eigenvalue weighted by atomic mass is 9.93. The van der Waals surface area contributed by atoms with E-state index in [0.29, 0.717) is 24.3 Å². The first-order chi connectivity index (χ1) is 9.79. The minimum absolute atomic E-state index is 0.191. The quantitative estimate of drug-likeness (QED) is 0.718. The zero-order valence-corrected chi connectivity index (χ0v) is 14.1. The molecule has 0 fully saturated rings. The van der Waals surface area contributed by atoms with Crippen molar-refractivity contribution in [3.8, 4) is 0 Å². The lowest BCUT2D eigenvalue weighted by Crippen LogP contribution is -2.42. The highest BCUT2D eigenvalue weighted by Gasteiger charge is 2.20. The Balaban J connectivity index is 2.56. The molecule has 1 aromatic rings. The van der Waals surface area contributed by atoms with Crippen molar-refractivity contribution in [2.24, 2.45) is 11.1 Å². The molecule has 6 nitrogen and oxygen atoms in total. The first-order valence-corrected chi connectivity index (χ1v) is 8.82. The number of primary sulfonamides is 1. The molecule has 0 radical (unpaired) electrons. The highest BCUT2D eigenvalue weighted by molar-refractivity contribution is 7.89. The molecule has 3 N–H and O–H groups in total. The summed E-state index contributed by atoms with van der Waals surface area (Å²) in [5, 5.41) is 8.15. The van der Waals surface area contributed by atoms with Crippen LogP contribution in [0.3, 0.4) is 0 Å². The van der Waals surface area contributed by atoms with Gasteiger partial charge in [0.1, 0.15) is 5.76 Å². The van der Waals surface area contributed by atoms with Crippen molar-refractivity contribution >= 4 is 10.0 Å². The Morgan fingerprint density at radius 2 is 1.90 bits per heavy atom. The van der Waals surface area contributed by atoms with Crippen LogP contribution >= 0.6 is 0 Å². The van der Waals surface area contributed by atoms with E-state index >= 15 is 0 Å². The molecule has 122 valence electrons. The predicted octanol–water partition coefficient (Wildman–Crippen LogP) is 1.38. The molecule has 0 bridgehead atoms. The van der Waals surface area contributed by atoms with Gasteiger partial charge in [-0.25, -0.2) is 13.6 Å². The van der Waals surface area contributed by atoms with Crippen LogP contribution in [-0.2, 0) is 16.6 Å². The summed E-state index contributed by atoms with van der Waals surface area (Å²) in [5.74, 6) is 1.20. The van der Waals surface area contributed by atoms with Crippen molar-refractivity contribution in [3.05, 3.63) is 17.9 Å². The van der Waals surface area contributed by atoms with Gasteiger partial charge in [0, 0.05) is 12.6 Å². The first kappa shape index (κ1) is 18.2. The number of nitrogens with zero attached hydrogens (tertiary/aromatic N) is 1. The van der Waals surface area contributed by atoms with Crippen molar-refractivity contribution in [3.63, 3.8) is 0 Å². The van der Waals surface area contributed by atoms with E-state index in [1.807, 2.05) is 0 Å². The van der Waals surface area contributed by atoms with E-state index in [1.165, 1.54) is 6.07 Å². The fourth-order valence-corrected chi connectivity index (χ4v) is 3.03. The molecule has 1 rings (SSSR count). The monoisotopic (exact) mass is 317 g/mol. The van der Waals surface area contributed by atoms with Crippen molar-refractivity contribution in [2.75, 3.05) is 20.6 Å². The molecule has 0 amide bonds. The van der Waals surface area contributed by atoms with Crippen LogP contribution in [0, 0.1) is 5.92 Å². The molecule has 1 atom stereocenters. The maximum atomic E-state index is 11.1. The largest absolute Gasteiger partial charge is 0.447 e. The molecule has 0 aliphatic heterocycles. The highest BCUT2D eigenvalue weighted by Crippen LogP contribution is 2.17. The van der Waals surface area contributed by atoms with Gasteiger partial charge in [0.25, 0.3) is 10.0 Å². The fraction of sp³-hybridized carbons (Fsp3) is 0.714. The van der Waals surface area contributed by atoms with Gasteiger partial charge in [0.15, 0.2) is 0 Å². The van der Waals surface area contributed by atoms with Crippen LogP contribution in [0.15, 0.2) is 21.6 Å². The van der Waals surface area contributed by atoms with Gasteiger partial charge in [-0.2, -0.15) is 0 Å². The van der Waals surface area contributed by atoms with Gasteiger partial charge >= 0.3 is 0 Å². The van der Waals surface area contributed by atoms with Crippen LogP contribution in [0.2, 0.25) is 0 Å². The predicted molar refractivity (Wildman–Crippen MR) is 83.3 cm³/mol. The number of likely N-dealkylation sites (N-methyl/N-ethyl adjacent to an activating group) is 1. The number of hydrogen-bond donors (Lipinski definition) is 2. The fourth-order valence-electron chi connectivity index (χ4n) is 2.55. The summed E-state index contributed by atoms with van der Waals surface area (Å²) in [6.45, 7) is 5.72. The van der Waals surface area contributed by atoms with E-state index < -0.39 is 10.0 Å². The van der Waals surface area contributed by atoms with Crippen LogP contribution < -0.4 is 10.5 Å². The third kappa shape index (κ3) is 5.43. The summed E-state index contributed by atoms with van der Waals surface area (Å²) in [6.07, 6.45) is 2.27.